The van der Waals surface area contributed by atoms with E-state index >= 15 is 0 Å². The van der Waals surface area contributed by atoms with Crippen molar-refractivity contribution in [2.45, 2.75) is 0 Å². The predicted octanol–water partition coefficient (Wildman–Crippen LogP) is 3.08. The summed E-state index contributed by atoms with van der Waals surface area (Å²) < 4.78 is 0. The number of aromatic amines is 1. The number of nitrogen functional groups attached to an aromatic ring is 1. The fraction of sp³-hybridized carbons (Fsp3) is 0. The minimum absolute atomic E-state index is 0.221. The van der Waals surface area contributed by atoms with E-state index in [4.69, 9.17) is 5.73 Å². The van der Waals surface area contributed by atoms with Crippen molar-refractivity contribution in [1.82, 2.24) is 20.2 Å². The molecule has 4 aromatic rings. The Labute approximate surface area is 144 Å². The van der Waals surface area contributed by atoms with Gasteiger partial charge in [0, 0.05) is 22.8 Å². The van der Waals surface area contributed by atoms with Gasteiger partial charge >= 0.3 is 0 Å². The smallest absolute Gasteiger partial charge is 0.221 e. The normalized spacial score (nSPS) is 10.2. The third-order valence-corrected chi connectivity index (χ3v) is 3.61. The molecule has 4 N–H and O–H groups in total. The van der Waals surface area contributed by atoms with Crippen molar-refractivity contribution in [3.8, 4) is 11.8 Å². The lowest BCUT2D eigenvalue weighted by molar-refractivity contribution is 1.12. The van der Waals surface area contributed by atoms with Gasteiger partial charge in [0.05, 0.1) is 17.3 Å². The molecule has 2 aromatic carbocycles. The number of rotatable bonds is 2. The Bertz CT molecular complexity index is 1090. The molecule has 120 valence electrons. The Balaban J connectivity index is 1.74. The highest BCUT2D eigenvalue weighted by Gasteiger charge is 2.06. The summed E-state index contributed by atoms with van der Waals surface area (Å²) in [5, 5.41) is 11.3. The number of anilines is 3. The lowest BCUT2D eigenvalue weighted by Crippen LogP contribution is -1.99. The maximum Gasteiger partial charge on any atom is 0.221 e. The Kier molecular flexibility index (Phi) is 3.73. The Hall–Kier alpha value is -3.85. The zero-order valence-corrected chi connectivity index (χ0v) is 13.2. The summed E-state index contributed by atoms with van der Waals surface area (Å²) in [6.07, 6.45) is 3.37. The van der Waals surface area contributed by atoms with Crippen LogP contribution in [0.5, 0.6) is 0 Å². The van der Waals surface area contributed by atoms with E-state index in [0.717, 1.165) is 27.7 Å². The van der Waals surface area contributed by atoms with Crippen LogP contribution >= 0.6 is 0 Å². The standard InChI is InChI=1S/C19H14N6/c20-19-21-9-8-17(24-19)23-16-10-14(18-15(11-16)12-22-25-18)7-6-13-4-2-1-3-5-13/h1-5,8-12H,(H,22,25)(H3,20,21,23,24). The van der Waals surface area contributed by atoms with Crippen molar-refractivity contribution in [2.24, 2.45) is 0 Å². The first-order valence-electron chi connectivity index (χ1n) is 7.68. The maximum absolute atomic E-state index is 5.63. The molecule has 2 heterocycles. The van der Waals surface area contributed by atoms with Crippen molar-refractivity contribution in [2.75, 3.05) is 11.1 Å². The third-order valence-electron chi connectivity index (χ3n) is 3.61. The number of aromatic nitrogens is 4. The van der Waals surface area contributed by atoms with Crippen molar-refractivity contribution in [3.05, 3.63) is 72.1 Å². The highest BCUT2D eigenvalue weighted by atomic mass is 15.1. The molecular formula is C19H14N6. The molecule has 0 bridgehead atoms. The van der Waals surface area contributed by atoms with Gasteiger partial charge in [0.2, 0.25) is 5.95 Å². The molecule has 0 aliphatic heterocycles. The Morgan fingerprint density at radius 3 is 2.76 bits per heavy atom. The zero-order valence-electron chi connectivity index (χ0n) is 13.2. The zero-order chi connectivity index (χ0) is 17.1. The van der Waals surface area contributed by atoms with Gasteiger partial charge in [0.1, 0.15) is 5.82 Å². The number of hydrogen-bond donors (Lipinski definition) is 3. The van der Waals surface area contributed by atoms with E-state index < -0.39 is 0 Å². The van der Waals surface area contributed by atoms with E-state index in [1.54, 1.807) is 18.5 Å². The number of hydrogen-bond acceptors (Lipinski definition) is 5. The largest absolute Gasteiger partial charge is 0.368 e. The van der Waals surface area contributed by atoms with Crippen LogP contribution in [0.4, 0.5) is 17.5 Å². The van der Waals surface area contributed by atoms with Crippen molar-refractivity contribution in [1.29, 1.82) is 0 Å². The van der Waals surface area contributed by atoms with Gasteiger partial charge in [-0.05, 0) is 30.3 Å². The van der Waals surface area contributed by atoms with Crippen LogP contribution in [-0.4, -0.2) is 20.2 Å². The molecule has 2 aromatic heterocycles. The van der Waals surface area contributed by atoms with Crippen LogP contribution in [0.25, 0.3) is 10.9 Å². The average Bonchev–Trinajstić information content (AvgIpc) is 3.09. The molecule has 0 amide bonds. The van der Waals surface area contributed by atoms with Crippen LogP contribution in [0.2, 0.25) is 0 Å². The first-order valence-corrected chi connectivity index (χ1v) is 7.68. The SMILES string of the molecule is Nc1nccc(Nc2cc(C#Cc3ccccc3)c3[nH]ncc3c2)n1. The van der Waals surface area contributed by atoms with E-state index in [0.29, 0.717) is 5.82 Å². The molecule has 0 saturated heterocycles. The van der Waals surface area contributed by atoms with Gasteiger partial charge in [-0.25, -0.2) is 4.98 Å². The van der Waals surface area contributed by atoms with Gasteiger partial charge in [-0.1, -0.05) is 30.0 Å². The lowest BCUT2D eigenvalue weighted by atomic mass is 10.1. The quantitative estimate of drug-likeness (QED) is 0.492. The average molecular weight is 326 g/mol. The summed E-state index contributed by atoms with van der Waals surface area (Å²) in [5.74, 6) is 7.22. The monoisotopic (exact) mass is 326 g/mol. The number of nitrogens with one attached hydrogen (secondary N) is 2. The van der Waals surface area contributed by atoms with Crippen LogP contribution in [0.15, 0.2) is 60.9 Å². The molecule has 6 nitrogen and oxygen atoms in total. The van der Waals surface area contributed by atoms with Crippen LogP contribution in [0, 0.1) is 11.8 Å². The number of nitrogens with zero attached hydrogens (tertiary/aromatic N) is 3. The topological polar surface area (TPSA) is 92.5 Å². The van der Waals surface area contributed by atoms with Gasteiger partial charge in [-0.15, -0.1) is 0 Å². The molecule has 25 heavy (non-hydrogen) atoms. The molecule has 4 rings (SSSR count). The van der Waals surface area contributed by atoms with Crippen LogP contribution in [-0.2, 0) is 0 Å². The Morgan fingerprint density at radius 1 is 1.04 bits per heavy atom. The summed E-state index contributed by atoms with van der Waals surface area (Å²) in [7, 11) is 0. The van der Waals surface area contributed by atoms with Gasteiger partial charge < -0.3 is 11.1 Å². The molecule has 0 spiro atoms. The summed E-state index contributed by atoms with van der Waals surface area (Å²) in [6, 6.07) is 15.5. The summed E-state index contributed by atoms with van der Waals surface area (Å²) in [6.45, 7) is 0. The van der Waals surface area contributed by atoms with Gasteiger partial charge in [-0.2, -0.15) is 10.1 Å². The summed E-state index contributed by atoms with van der Waals surface area (Å²) >= 11 is 0. The Morgan fingerprint density at radius 2 is 1.92 bits per heavy atom. The van der Waals surface area contributed by atoms with E-state index in [1.807, 2.05) is 42.5 Å². The van der Waals surface area contributed by atoms with Gasteiger partial charge in [-0.3, -0.25) is 5.10 Å². The second-order valence-corrected chi connectivity index (χ2v) is 5.40. The van der Waals surface area contributed by atoms with E-state index in [9.17, 15) is 0 Å². The number of fused-ring (bicyclic) bond motifs is 1. The molecular weight excluding hydrogens is 312 g/mol. The van der Waals surface area contributed by atoms with E-state index in [1.165, 1.54) is 0 Å². The lowest BCUT2D eigenvalue weighted by Gasteiger charge is -2.07. The van der Waals surface area contributed by atoms with Gasteiger partial charge in [0.25, 0.3) is 0 Å². The highest BCUT2D eigenvalue weighted by molar-refractivity contribution is 5.88. The fourth-order valence-electron chi connectivity index (χ4n) is 2.48. The minimum Gasteiger partial charge on any atom is -0.368 e. The highest BCUT2D eigenvalue weighted by Crippen LogP contribution is 2.24. The first-order chi connectivity index (χ1) is 12.3. The molecule has 0 atom stereocenters. The predicted molar refractivity (Wildman–Crippen MR) is 98.2 cm³/mol. The van der Waals surface area contributed by atoms with E-state index in [2.05, 4.69) is 37.3 Å². The summed E-state index contributed by atoms with van der Waals surface area (Å²) in [5.41, 5.74) is 9.19. The van der Waals surface area contributed by atoms with Crippen LogP contribution in [0.3, 0.4) is 0 Å². The molecule has 0 aliphatic rings. The molecule has 0 unspecified atom stereocenters. The number of H-pyrrole nitrogens is 1. The van der Waals surface area contributed by atoms with Crippen molar-refractivity contribution >= 4 is 28.4 Å². The number of nitrogens with two attached hydrogens (primary N) is 1. The fourth-order valence-corrected chi connectivity index (χ4v) is 2.48. The second kappa shape index (κ2) is 6.34. The first kappa shape index (κ1) is 14.7. The van der Waals surface area contributed by atoms with Crippen LogP contribution in [0.1, 0.15) is 11.1 Å². The third kappa shape index (κ3) is 3.26. The maximum atomic E-state index is 5.63. The minimum atomic E-state index is 0.221. The molecule has 0 aliphatic carbocycles. The van der Waals surface area contributed by atoms with Crippen molar-refractivity contribution < 1.29 is 0 Å². The molecule has 0 saturated carbocycles. The van der Waals surface area contributed by atoms with Gasteiger partial charge in [0.15, 0.2) is 0 Å². The number of benzene rings is 2. The van der Waals surface area contributed by atoms with Crippen molar-refractivity contribution in [3.63, 3.8) is 0 Å². The summed E-state index contributed by atoms with van der Waals surface area (Å²) in [4.78, 5) is 8.05. The molecule has 6 heteroatoms. The van der Waals surface area contributed by atoms with E-state index in [-0.39, 0.29) is 5.95 Å². The molecule has 0 fully saturated rings. The second-order valence-electron chi connectivity index (χ2n) is 5.40. The molecule has 0 radical (unpaired) electrons. The van der Waals surface area contributed by atoms with Crippen LogP contribution < -0.4 is 11.1 Å².